The number of rotatable bonds is 9. The minimum atomic E-state index is -0.962. The Morgan fingerprint density at radius 2 is 1.66 bits per heavy atom. The molecule has 9 heteroatoms. The van der Waals surface area contributed by atoms with Crippen molar-refractivity contribution in [3.05, 3.63) is 23.8 Å². The first kappa shape index (κ1) is 24.1. The maximum Gasteiger partial charge on any atom is 0.328 e. The smallest absolute Gasteiger partial charge is 0.328 e. The van der Waals surface area contributed by atoms with E-state index in [1.54, 1.807) is 6.07 Å². The molecule has 0 aliphatic rings. The number of nitrogens with two attached hydrogens (primary N) is 1. The fourth-order valence-electron chi connectivity index (χ4n) is 2.56. The summed E-state index contributed by atoms with van der Waals surface area (Å²) in [5.41, 5.74) is 6.58. The molecule has 0 aromatic heterocycles. The van der Waals surface area contributed by atoms with Crippen LogP contribution in [0.15, 0.2) is 18.2 Å². The molecule has 1 rings (SSSR count). The number of esters is 3. The summed E-state index contributed by atoms with van der Waals surface area (Å²) in [4.78, 5) is 46.9. The molecule has 29 heavy (non-hydrogen) atoms. The molecule has 0 aliphatic heterocycles. The molecule has 0 spiro atoms. The Bertz CT molecular complexity index is 763. The fraction of sp³-hybridized carbons (Fsp3) is 0.500. The van der Waals surface area contributed by atoms with Crippen LogP contribution in [0.1, 0.15) is 39.7 Å². The maximum absolute atomic E-state index is 12.5. The molecule has 1 amide bonds. The predicted molar refractivity (Wildman–Crippen MR) is 104 cm³/mol. The number of ether oxygens (including phenoxy) is 3. The highest BCUT2D eigenvalue weighted by Gasteiger charge is 2.28. The average molecular weight is 408 g/mol. The van der Waals surface area contributed by atoms with Crippen molar-refractivity contribution in [2.75, 3.05) is 7.11 Å². The molecule has 0 fully saturated rings. The molecule has 3 atom stereocenters. The second-order valence-corrected chi connectivity index (χ2v) is 6.67. The lowest BCUT2D eigenvalue weighted by molar-refractivity contribution is -0.146. The highest BCUT2D eigenvalue weighted by molar-refractivity contribution is 5.87. The van der Waals surface area contributed by atoms with E-state index < -0.39 is 35.9 Å². The Balaban J connectivity index is 2.95. The highest BCUT2D eigenvalue weighted by Crippen LogP contribution is 2.29. The first-order valence-corrected chi connectivity index (χ1v) is 9.22. The molecule has 0 aliphatic carbocycles. The molecule has 3 N–H and O–H groups in total. The number of benzene rings is 1. The van der Waals surface area contributed by atoms with Crippen LogP contribution in [0, 0.1) is 5.92 Å². The van der Waals surface area contributed by atoms with Gasteiger partial charge in [0, 0.05) is 13.8 Å². The van der Waals surface area contributed by atoms with Crippen LogP contribution in [-0.2, 0) is 30.3 Å². The van der Waals surface area contributed by atoms with Gasteiger partial charge in [-0.2, -0.15) is 0 Å². The summed E-state index contributed by atoms with van der Waals surface area (Å²) in [6.07, 6.45) is 0.771. The summed E-state index contributed by atoms with van der Waals surface area (Å²) in [5, 5.41) is 2.63. The normalized spacial score (nSPS) is 13.6. The molecule has 1 aromatic carbocycles. The zero-order valence-corrected chi connectivity index (χ0v) is 17.3. The summed E-state index contributed by atoms with van der Waals surface area (Å²) >= 11 is 0. The van der Waals surface area contributed by atoms with Gasteiger partial charge in [0.15, 0.2) is 11.5 Å². The summed E-state index contributed by atoms with van der Waals surface area (Å²) in [5.74, 6) is -2.21. The molecule has 0 heterocycles. The van der Waals surface area contributed by atoms with Gasteiger partial charge >= 0.3 is 17.9 Å². The zero-order valence-electron chi connectivity index (χ0n) is 17.3. The Morgan fingerprint density at radius 3 is 2.17 bits per heavy atom. The minimum absolute atomic E-state index is 0.0462. The van der Waals surface area contributed by atoms with E-state index in [1.807, 2.05) is 13.8 Å². The number of nitrogens with one attached hydrogen (secondary N) is 1. The molecule has 0 saturated carbocycles. The maximum atomic E-state index is 12.5. The van der Waals surface area contributed by atoms with E-state index in [-0.39, 0.29) is 23.8 Å². The van der Waals surface area contributed by atoms with E-state index in [1.165, 1.54) is 33.1 Å². The van der Waals surface area contributed by atoms with Crippen LogP contribution >= 0.6 is 0 Å². The number of carbonyl (C=O) groups excluding carboxylic acids is 4. The first-order chi connectivity index (χ1) is 13.6. The SMILES string of the molecule is CC[C@H](C)[C@H](NC(=O)[C@@H](N)Cc1ccc(OC(C)=O)c(OC(C)=O)c1)C(=O)OC. The molecule has 1 aromatic rings. The number of hydrogen-bond donors (Lipinski definition) is 2. The van der Waals surface area contributed by atoms with Crippen LogP contribution in [0.25, 0.3) is 0 Å². The Kier molecular flexibility index (Phi) is 9.27. The lowest BCUT2D eigenvalue weighted by atomic mass is 9.98. The van der Waals surface area contributed by atoms with Gasteiger partial charge in [-0.05, 0) is 30.0 Å². The predicted octanol–water partition coefficient (Wildman–Crippen LogP) is 1.11. The third-order valence-electron chi connectivity index (χ3n) is 4.27. The van der Waals surface area contributed by atoms with E-state index in [2.05, 4.69) is 5.32 Å². The summed E-state index contributed by atoms with van der Waals surface area (Å²) < 4.78 is 14.8. The molecule has 160 valence electrons. The molecule has 0 radical (unpaired) electrons. The Morgan fingerprint density at radius 1 is 1.07 bits per heavy atom. The third kappa shape index (κ3) is 7.53. The molecule has 0 unspecified atom stereocenters. The van der Waals surface area contributed by atoms with Gasteiger partial charge in [-0.3, -0.25) is 14.4 Å². The Labute approximate surface area is 169 Å². The van der Waals surface area contributed by atoms with Gasteiger partial charge < -0.3 is 25.3 Å². The van der Waals surface area contributed by atoms with Crippen molar-refractivity contribution in [3.8, 4) is 11.5 Å². The lowest BCUT2D eigenvalue weighted by Crippen LogP contribution is -2.51. The van der Waals surface area contributed by atoms with Gasteiger partial charge in [0.1, 0.15) is 6.04 Å². The standard InChI is InChI=1S/C20H28N2O7/c1-6-11(2)18(20(26)27-5)22-19(25)15(21)9-14-7-8-16(28-12(3)23)17(10-14)29-13(4)24/h7-8,10-11,15,18H,6,9,21H2,1-5H3,(H,22,25)/t11-,15-,18-/m0/s1. The van der Waals surface area contributed by atoms with Crippen molar-refractivity contribution in [3.63, 3.8) is 0 Å². The second kappa shape index (κ2) is 11.2. The largest absolute Gasteiger partial charge is 0.467 e. The van der Waals surface area contributed by atoms with Gasteiger partial charge in [-0.1, -0.05) is 26.3 Å². The van der Waals surface area contributed by atoms with E-state index in [0.29, 0.717) is 12.0 Å². The molecular formula is C20H28N2O7. The van der Waals surface area contributed by atoms with E-state index in [4.69, 9.17) is 19.9 Å². The number of carbonyl (C=O) groups is 4. The van der Waals surface area contributed by atoms with Gasteiger partial charge in [-0.15, -0.1) is 0 Å². The van der Waals surface area contributed by atoms with Crippen molar-refractivity contribution < 1.29 is 33.4 Å². The van der Waals surface area contributed by atoms with Crippen LogP contribution in [0.3, 0.4) is 0 Å². The van der Waals surface area contributed by atoms with Gasteiger partial charge in [0.2, 0.25) is 5.91 Å². The topological polar surface area (TPSA) is 134 Å². The number of amides is 1. The zero-order chi connectivity index (χ0) is 22.1. The van der Waals surface area contributed by atoms with Crippen LogP contribution in [-0.4, -0.2) is 43.0 Å². The highest BCUT2D eigenvalue weighted by atomic mass is 16.6. The van der Waals surface area contributed by atoms with Crippen LogP contribution in [0.2, 0.25) is 0 Å². The van der Waals surface area contributed by atoms with Crippen molar-refractivity contribution >= 4 is 23.8 Å². The third-order valence-corrected chi connectivity index (χ3v) is 4.27. The van der Waals surface area contributed by atoms with Gasteiger partial charge in [0.05, 0.1) is 13.2 Å². The molecule has 9 nitrogen and oxygen atoms in total. The summed E-state index contributed by atoms with van der Waals surface area (Å²) in [7, 11) is 1.25. The minimum Gasteiger partial charge on any atom is -0.467 e. The lowest BCUT2D eigenvalue weighted by Gasteiger charge is -2.23. The van der Waals surface area contributed by atoms with Gasteiger partial charge in [0.25, 0.3) is 0 Å². The molecule has 0 bridgehead atoms. The van der Waals surface area contributed by atoms with Crippen molar-refractivity contribution in [1.29, 1.82) is 0 Å². The quantitative estimate of drug-likeness (QED) is 0.458. The van der Waals surface area contributed by atoms with E-state index in [0.717, 1.165) is 0 Å². The second-order valence-electron chi connectivity index (χ2n) is 6.67. The Hall–Kier alpha value is -2.94. The van der Waals surface area contributed by atoms with E-state index in [9.17, 15) is 19.2 Å². The fourth-order valence-corrected chi connectivity index (χ4v) is 2.56. The van der Waals surface area contributed by atoms with Gasteiger partial charge in [-0.25, -0.2) is 4.79 Å². The molecule has 0 saturated heterocycles. The van der Waals surface area contributed by atoms with Crippen molar-refractivity contribution in [2.45, 2.75) is 52.6 Å². The van der Waals surface area contributed by atoms with E-state index >= 15 is 0 Å². The molecular weight excluding hydrogens is 380 g/mol. The average Bonchev–Trinajstić information content (AvgIpc) is 2.65. The van der Waals surface area contributed by atoms with Crippen LogP contribution < -0.4 is 20.5 Å². The van der Waals surface area contributed by atoms with Crippen molar-refractivity contribution in [2.24, 2.45) is 11.7 Å². The number of hydrogen-bond acceptors (Lipinski definition) is 8. The summed E-state index contributed by atoms with van der Waals surface area (Å²) in [6, 6.07) is 2.77. The van der Waals surface area contributed by atoms with Crippen LogP contribution in [0.4, 0.5) is 0 Å². The first-order valence-electron chi connectivity index (χ1n) is 9.22. The van der Waals surface area contributed by atoms with Crippen LogP contribution in [0.5, 0.6) is 11.5 Å². The number of methoxy groups -OCH3 is 1. The summed E-state index contributed by atoms with van der Waals surface area (Å²) in [6.45, 7) is 6.16. The van der Waals surface area contributed by atoms with Crippen molar-refractivity contribution in [1.82, 2.24) is 5.32 Å². The monoisotopic (exact) mass is 408 g/mol.